The summed E-state index contributed by atoms with van der Waals surface area (Å²) in [6, 6.07) is 13.9. The summed E-state index contributed by atoms with van der Waals surface area (Å²) in [4.78, 5) is 14.7. The Bertz CT molecular complexity index is 866. The zero-order valence-corrected chi connectivity index (χ0v) is 16.8. The number of alkyl halides is 2. The molecule has 1 aliphatic rings. The molecule has 1 amide bonds. The number of para-hydroxylation sites is 1. The molecule has 0 spiro atoms. The molecule has 3 rings (SSSR count). The highest BCUT2D eigenvalue weighted by molar-refractivity contribution is 5.92. The van der Waals surface area contributed by atoms with Crippen molar-refractivity contribution < 1.29 is 27.8 Å². The summed E-state index contributed by atoms with van der Waals surface area (Å²) >= 11 is 0. The molecule has 0 saturated carbocycles. The van der Waals surface area contributed by atoms with E-state index in [2.05, 4.69) is 4.74 Å². The monoisotopic (exact) mass is 417 g/mol. The van der Waals surface area contributed by atoms with Crippen LogP contribution in [0.2, 0.25) is 0 Å². The first-order chi connectivity index (χ1) is 14.5. The summed E-state index contributed by atoms with van der Waals surface area (Å²) in [5, 5.41) is 0. The van der Waals surface area contributed by atoms with Gasteiger partial charge in [-0.15, -0.1) is 0 Å². The average Bonchev–Trinajstić information content (AvgIpc) is 3.25. The van der Waals surface area contributed by atoms with E-state index in [1.165, 1.54) is 18.2 Å². The van der Waals surface area contributed by atoms with Crippen molar-refractivity contribution in [3.05, 3.63) is 65.7 Å². The molecule has 1 heterocycles. The van der Waals surface area contributed by atoms with Crippen LogP contribution in [0.5, 0.6) is 11.5 Å². The second kappa shape index (κ2) is 10.7. The first-order valence-corrected chi connectivity index (χ1v) is 9.80. The van der Waals surface area contributed by atoms with E-state index < -0.39 is 6.61 Å². The van der Waals surface area contributed by atoms with Gasteiger partial charge in [0.05, 0.1) is 13.2 Å². The quantitative estimate of drug-likeness (QED) is 0.563. The van der Waals surface area contributed by atoms with Crippen LogP contribution in [0.15, 0.2) is 54.6 Å². The topological polar surface area (TPSA) is 48.0 Å². The molecule has 0 aromatic heterocycles. The molecule has 5 nitrogen and oxygen atoms in total. The van der Waals surface area contributed by atoms with Gasteiger partial charge in [0.1, 0.15) is 11.5 Å². The molecule has 0 aliphatic carbocycles. The smallest absolute Gasteiger partial charge is 0.387 e. The van der Waals surface area contributed by atoms with Crippen molar-refractivity contribution in [2.24, 2.45) is 0 Å². The van der Waals surface area contributed by atoms with Gasteiger partial charge in [-0.1, -0.05) is 30.3 Å². The van der Waals surface area contributed by atoms with Gasteiger partial charge in [-0.3, -0.25) is 4.79 Å². The van der Waals surface area contributed by atoms with Gasteiger partial charge in [0, 0.05) is 31.3 Å². The lowest BCUT2D eigenvalue weighted by Gasteiger charge is -2.24. The van der Waals surface area contributed by atoms with E-state index in [0.29, 0.717) is 31.0 Å². The number of carbonyl (C=O) groups excluding carboxylic acids is 1. The van der Waals surface area contributed by atoms with Gasteiger partial charge < -0.3 is 19.1 Å². The van der Waals surface area contributed by atoms with Crippen LogP contribution < -0.4 is 9.47 Å². The van der Waals surface area contributed by atoms with Crippen molar-refractivity contribution >= 4 is 12.0 Å². The molecule has 1 unspecified atom stereocenters. The average molecular weight is 417 g/mol. The van der Waals surface area contributed by atoms with Crippen molar-refractivity contribution in [3.8, 4) is 11.5 Å². The number of rotatable bonds is 9. The lowest BCUT2D eigenvalue weighted by Crippen LogP contribution is -2.35. The van der Waals surface area contributed by atoms with Crippen LogP contribution in [-0.2, 0) is 16.1 Å². The Balaban J connectivity index is 1.76. The molecule has 1 fully saturated rings. The molecule has 1 saturated heterocycles. The van der Waals surface area contributed by atoms with E-state index >= 15 is 0 Å². The first-order valence-electron chi connectivity index (χ1n) is 9.80. The maximum absolute atomic E-state index is 13.0. The largest absolute Gasteiger partial charge is 0.497 e. The summed E-state index contributed by atoms with van der Waals surface area (Å²) in [6.45, 7) is -1.40. The number of nitrogens with zero attached hydrogens (tertiary/aromatic N) is 1. The molecule has 160 valence electrons. The highest BCUT2D eigenvalue weighted by atomic mass is 19.3. The normalized spacial score (nSPS) is 16.2. The number of methoxy groups -OCH3 is 1. The van der Waals surface area contributed by atoms with Crippen LogP contribution in [0.1, 0.15) is 24.0 Å². The minimum Gasteiger partial charge on any atom is -0.497 e. The Morgan fingerprint density at radius 2 is 2.10 bits per heavy atom. The number of carbonyl (C=O) groups is 1. The minimum atomic E-state index is -2.93. The van der Waals surface area contributed by atoms with E-state index in [4.69, 9.17) is 9.47 Å². The van der Waals surface area contributed by atoms with E-state index in [9.17, 15) is 13.6 Å². The summed E-state index contributed by atoms with van der Waals surface area (Å²) in [5.74, 6) is 0.501. The lowest BCUT2D eigenvalue weighted by molar-refractivity contribution is -0.128. The molecule has 1 atom stereocenters. The van der Waals surface area contributed by atoms with Gasteiger partial charge >= 0.3 is 6.61 Å². The Morgan fingerprint density at radius 3 is 2.83 bits per heavy atom. The van der Waals surface area contributed by atoms with Gasteiger partial charge in [-0.05, 0) is 42.7 Å². The van der Waals surface area contributed by atoms with Crippen LogP contribution in [0.4, 0.5) is 8.78 Å². The number of ether oxygens (including phenoxy) is 3. The Hall–Kier alpha value is -2.93. The number of amides is 1. The van der Waals surface area contributed by atoms with Gasteiger partial charge in [-0.25, -0.2) is 0 Å². The number of benzene rings is 2. The third-order valence-electron chi connectivity index (χ3n) is 4.81. The second-order valence-electron chi connectivity index (χ2n) is 6.95. The van der Waals surface area contributed by atoms with Crippen LogP contribution in [-0.4, -0.2) is 43.8 Å². The highest BCUT2D eigenvalue weighted by Crippen LogP contribution is 2.22. The molecule has 0 radical (unpaired) electrons. The van der Waals surface area contributed by atoms with E-state index in [-0.39, 0.29) is 17.8 Å². The Morgan fingerprint density at radius 1 is 1.27 bits per heavy atom. The summed E-state index contributed by atoms with van der Waals surface area (Å²) in [5.41, 5.74) is 1.33. The molecule has 2 aromatic rings. The summed E-state index contributed by atoms with van der Waals surface area (Å²) in [7, 11) is 1.59. The number of halogens is 2. The Kier molecular flexibility index (Phi) is 7.79. The highest BCUT2D eigenvalue weighted by Gasteiger charge is 2.22. The number of hydrogen-bond acceptors (Lipinski definition) is 4. The summed E-state index contributed by atoms with van der Waals surface area (Å²) < 4.78 is 40.7. The van der Waals surface area contributed by atoms with Gasteiger partial charge in [0.25, 0.3) is 0 Å². The van der Waals surface area contributed by atoms with Crippen LogP contribution in [0, 0.1) is 0 Å². The van der Waals surface area contributed by atoms with Crippen molar-refractivity contribution in [2.75, 3.05) is 20.3 Å². The molecule has 0 bridgehead atoms. The number of hydrogen-bond donors (Lipinski definition) is 0. The standard InChI is InChI=1S/C23H25F2NO4/c1-28-19-8-4-6-17(14-19)15-26(16-20-9-5-13-29-20)22(27)12-11-18-7-2-3-10-21(18)30-23(24)25/h2-4,6-8,10-12,14,20,23H,5,9,13,15-16H2,1H3. The molecule has 0 N–H and O–H groups in total. The maximum Gasteiger partial charge on any atom is 0.387 e. The first kappa shape index (κ1) is 21.8. The van der Waals surface area contributed by atoms with Crippen molar-refractivity contribution in [3.63, 3.8) is 0 Å². The van der Waals surface area contributed by atoms with E-state index in [1.54, 1.807) is 30.2 Å². The molecule has 2 aromatic carbocycles. The third kappa shape index (κ3) is 6.29. The third-order valence-corrected chi connectivity index (χ3v) is 4.81. The fourth-order valence-electron chi connectivity index (χ4n) is 3.35. The molecule has 30 heavy (non-hydrogen) atoms. The SMILES string of the molecule is COc1cccc(CN(CC2CCCO2)C(=O)C=Cc2ccccc2OC(F)F)c1. The molecular formula is C23H25F2NO4. The second-order valence-corrected chi connectivity index (χ2v) is 6.95. The van der Waals surface area contributed by atoms with Crippen molar-refractivity contribution in [2.45, 2.75) is 32.1 Å². The van der Waals surface area contributed by atoms with Crippen molar-refractivity contribution in [1.82, 2.24) is 4.90 Å². The minimum absolute atomic E-state index is 0.0117. The van der Waals surface area contributed by atoms with Gasteiger partial charge in [0.15, 0.2) is 0 Å². The van der Waals surface area contributed by atoms with E-state index in [1.807, 2.05) is 24.3 Å². The molecule has 7 heteroatoms. The van der Waals surface area contributed by atoms with E-state index in [0.717, 1.165) is 18.4 Å². The zero-order chi connectivity index (χ0) is 21.3. The lowest BCUT2D eigenvalue weighted by atomic mass is 10.1. The summed E-state index contributed by atoms with van der Waals surface area (Å²) in [6.07, 6.45) is 4.73. The fourth-order valence-corrected chi connectivity index (χ4v) is 3.35. The van der Waals surface area contributed by atoms with Gasteiger partial charge in [0.2, 0.25) is 5.91 Å². The van der Waals surface area contributed by atoms with Crippen LogP contribution >= 0.6 is 0 Å². The molecular weight excluding hydrogens is 392 g/mol. The predicted molar refractivity (Wildman–Crippen MR) is 109 cm³/mol. The predicted octanol–water partition coefficient (Wildman–Crippen LogP) is 4.52. The van der Waals surface area contributed by atoms with Crippen LogP contribution in [0.3, 0.4) is 0 Å². The maximum atomic E-state index is 13.0. The van der Waals surface area contributed by atoms with Crippen molar-refractivity contribution in [1.29, 1.82) is 0 Å². The molecule has 1 aliphatic heterocycles. The Labute approximate surface area is 174 Å². The van der Waals surface area contributed by atoms with Crippen LogP contribution in [0.25, 0.3) is 6.08 Å². The zero-order valence-electron chi connectivity index (χ0n) is 16.8. The van der Waals surface area contributed by atoms with Gasteiger partial charge in [-0.2, -0.15) is 8.78 Å². The fraction of sp³-hybridized carbons (Fsp3) is 0.348.